The van der Waals surface area contributed by atoms with Crippen molar-refractivity contribution >= 4 is 23.1 Å². The third-order valence-electron chi connectivity index (χ3n) is 6.80. The van der Waals surface area contributed by atoms with Crippen LogP contribution < -0.4 is 9.47 Å². The lowest BCUT2D eigenvalue weighted by Crippen LogP contribution is -2.29. The van der Waals surface area contributed by atoms with Crippen LogP contribution in [0.15, 0.2) is 64.9 Å². The van der Waals surface area contributed by atoms with Gasteiger partial charge in [-0.25, -0.2) is 4.98 Å². The number of nitrogens with zero attached hydrogens (tertiary/aromatic N) is 3. The average molecular weight is 530 g/mol. The Morgan fingerprint density at radius 2 is 1.90 bits per heavy atom. The summed E-state index contributed by atoms with van der Waals surface area (Å²) in [6.07, 6.45) is 4.18. The minimum Gasteiger partial charge on any atom is -0.505 e. The fourth-order valence-electron chi connectivity index (χ4n) is 4.93. The number of ether oxygens (including phenoxy) is 2. The van der Waals surface area contributed by atoms with E-state index in [1.54, 1.807) is 30.3 Å². The number of likely N-dealkylation sites (tertiary alicyclic amines) is 1. The number of benzene rings is 1. The van der Waals surface area contributed by atoms with Gasteiger partial charge >= 0.3 is 0 Å². The lowest BCUT2D eigenvalue weighted by atomic mass is 9.96. The van der Waals surface area contributed by atoms with Gasteiger partial charge in [0, 0.05) is 6.20 Å². The molecule has 1 atom stereocenters. The second-order valence-electron chi connectivity index (χ2n) is 9.42. The lowest BCUT2D eigenvalue weighted by molar-refractivity contribution is -0.140. The highest BCUT2D eigenvalue weighted by Gasteiger charge is 2.47. The maximum atomic E-state index is 13.5. The predicted octanol–water partition coefficient (Wildman–Crippen LogP) is 5.35. The predicted molar refractivity (Wildman–Crippen MR) is 145 cm³/mol. The number of hydrogen-bond acceptors (Lipinski definition) is 7. The summed E-state index contributed by atoms with van der Waals surface area (Å²) in [5.74, 6) is -0.287. The van der Waals surface area contributed by atoms with Crippen LogP contribution in [-0.2, 0) is 16.1 Å². The monoisotopic (exact) mass is 529 g/mol. The fraction of sp³-hybridized carbons (Fsp3) is 0.300. The standard InChI is InChI=1S/C30H31N3O6/c1-5-14-39-22-12-11-20(16-23(22)37-6-2)26-24(28(35)30(36)33(26)17-21-10-8-15-38-21)27(34)25-19(4)32-13-7-9-18(3)29(32)31-25/h7-13,15-16,26,34H,5-6,14,17H2,1-4H3. The van der Waals surface area contributed by atoms with Gasteiger partial charge in [-0.3, -0.25) is 9.59 Å². The van der Waals surface area contributed by atoms with Gasteiger partial charge in [-0.1, -0.05) is 19.1 Å². The highest BCUT2D eigenvalue weighted by molar-refractivity contribution is 6.46. The quantitative estimate of drug-likeness (QED) is 0.177. The van der Waals surface area contributed by atoms with Crippen molar-refractivity contribution in [2.75, 3.05) is 13.2 Å². The summed E-state index contributed by atoms with van der Waals surface area (Å²) in [4.78, 5) is 33.0. The number of furan rings is 1. The molecule has 0 radical (unpaired) electrons. The van der Waals surface area contributed by atoms with E-state index in [1.165, 1.54) is 11.2 Å². The summed E-state index contributed by atoms with van der Waals surface area (Å²) in [6.45, 7) is 8.58. The van der Waals surface area contributed by atoms with E-state index in [9.17, 15) is 14.7 Å². The number of pyridine rings is 1. The Hall–Kier alpha value is -4.53. The number of Topliss-reactive ketones (excluding diaryl/α,β-unsaturated/α-hetero) is 1. The number of aryl methyl sites for hydroxylation is 2. The topological polar surface area (TPSA) is 107 Å². The zero-order chi connectivity index (χ0) is 27.7. The molecule has 0 aliphatic carbocycles. The molecule has 4 aromatic rings. The van der Waals surface area contributed by atoms with E-state index in [0.717, 1.165) is 12.0 Å². The Bertz CT molecular complexity index is 1570. The number of aliphatic hydroxyl groups is 1. The number of imidazole rings is 1. The Balaban J connectivity index is 1.69. The zero-order valence-corrected chi connectivity index (χ0v) is 22.4. The van der Waals surface area contributed by atoms with Gasteiger partial charge in [0.15, 0.2) is 17.3 Å². The maximum absolute atomic E-state index is 13.5. The Morgan fingerprint density at radius 3 is 2.59 bits per heavy atom. The summed E-state index contributed by atoms with van der Waals surface area (Å²) in [7, 11) is 0. The fourth-order valence-corrected chi connectivity index (χ4v) is 4.93. The number of ketones is 1. The Kier molecular flexibility index (Phi) is 7.15. The number of carbonyl (C=O) groups is 2. The summed E-state index contributed by atoms with van der Waals surface area (Å²) < 4.78 is 19.1. The van der Waals surface area contributed by atoms with Crippen LogP contribution in [0.1, 0.15) is 54.6 Å². The molecule has 0 saturated carbocycles. The van der Waals surface area contributed by atoms with E-state index in [-0.39, 0.29) is 23.6 Å². The van der Waals surface area contributed by atoms with Crippen molar-refractivity contribution in [2.45, 2.75) is 46.7 Å². The van der Waals surface area contributed by atoms with Crippen LogP contribution in [0.25, 0.3) is 11.4 Å². The molecule has 1 aliphatic heterocycles. The van der Waals surface area contributed by atoms with Gasteiger partial charge in [0.2, 0.25) is 0 Å². The molecule has 1 unspecified atom stereocenters. The van der Waals surface area contributed by atoms with E-state index < -0.39 is 17.7 Å². The summed E-state index contributed by atoms with van der Waals surface area (Å²) in [5.41, 5.74) is 3.03. The van der Waals surface area contributed by atoms with Crippen LogP contribution in [0.5, 0.6) is 11.5 Å². The number of aromatic nitrogens is 2. The van der Waals surface area contributed by atoms with Gasteiger partial charge in [0.1, 0.15) is 17.1 Å². The van der Waals surface area contributed by atoms with Crippen LogP contribution in [0.3, 0.4) is 0 Å². The first-order valence-electron chi connectivity index (χ1n) is 13.0. The molecule has 1 aliphatic rings. The van der Waals surface area contributed by atoms with Crippen LogP contribution in [0, 0.1) is 13.8 Å². The molecule has 39 heavy (non-hydrogen) atoms. The number of amides is 1. The molecule has 1 amide bonds. The summed E-state index contributed by atoms with van der Waals surface area (Å²) in [5, 5.41) is 11.6. The third-order valence-corrected chi connectivity index (χ3v) is 6.80. The minimum absolute atomic E-state index is 0.0413. The lowest BCUT2D eigenvalue weighted by Gasteiger charge is -2.25. The number of carbonyl (C=O) groups excluding carboxylic acids is 2. The first kappa shape index (κ1) is 26.1. The second kappa shape index (κ2) is 10.7. The van der Waals surface area contributed by atoms with E-state index in [1.807, 2.05) is 50.4 Å². The average Bonchev–Trinajstić information content (AvgIpc) is 3.63. The molecule has 1 saturated heterocycles. The highest BCUT2D eigenvalue weighted by atomic mass is 16.5. The number of aliphatic hydroxyl groups excluding tert-OH is 1. The molecule has 1 aromatic carbocycles. The van der Waals surface area contributed by atoms with Crippen molar-refractivity contribution in [3.63, 3.8) is 0 Å². The van der Waals surface area contributed by atoms with Crippen molar-refractivity contribution in [1.29, 1.82) is 0 Å². The molecular formula is C30H31N3O6. The molecule has 3 aromatic heterocycles. The van der Waals surface area contributed by atoms with Crippen LogP contribution >= 0.6 is 0 Å². The second-order valence-corrected chi connectivity index (χ2v) is 9.42. The van der Waals surface area contributed by atoms with E-state index in [4.69, 9.17) is 13.9 Å². The number of rotatable bonds is 9. The molecule has 9 nitrogen and oxygen atoms in total. The molecule has 4 heterocycles. The number of fused-ring (bicyclic) bond motifs is 1. The van der Waals surface area contributed by atoms with Crippen molar-refractivity contribution in [2.24, 2.45) is 0 Å². The van der Waals surface area contributed by atoms with Gasteiger partial charge < -0.3 is 28.3 Å². The third kappa shape index (κ3) is 4.65. The minimum atomic E-state index is -0.903. The molecule has 1 fully saturated rings. The Morgan fingerprint density at radius 1 is 1.08 bits per heavy atom. The van der Waals surface area contributed by atoms with Gasteiger partial charge in [0.05, 0.1) is 43.3 Å². The summed E-state index contributed by atoms with van der Waals surface area (Å²) >= 11 is 0. The van der Waals surface area contributed by atoms with Crippen molar-refractivity contribution < 1.29 is 28.6 Å². The zero-order valence-electron chi connectivity index (χ0n) is 22.4. The van der Waals surface area contributed by atoms with Crippen molar-refractivity contribution in [3.05, 3.63) is 88.8 Å². The molecule has 5 rings (SSSR count). The van der Waals surface area contributed by atoms with Gasteiger partial charge in [-0.2, -0.15) is 0 Å². The van der Waals surface area contributed by atoms with Crippen molar-refractivity contribution in [1.82, 2.24) is 14.3 Å². The van der Waals surface area contributed by atoms with Crippen LogP contribution in [0.4, 0.5) is 0 Å². The smallest absolute Gasteiger partial charge is 0.296 e. The normalized spacial score (nSPS) is 16.8. The molecule has 1 N–H and O–H groups in total. The number of hydrogen-bond donors (Lipinski definition) is 1. The molecular weight excluding hydrogens is 498 g/mol. The first-order valence-corrected chi connectivity index (χ1v) is 13.0. The molecule has 202 valence electrons. The van der Waals surface area contributed by atoms with E-state index in [0.29, 0.717) is 47.4 Å². The van der Waals surface area contributed by atoms with Crippen LogP contribution in [-0.4, -0.2) is 44.3 Å². The molecule has 9 heteroatoms. The molecule has 0 bridgehead atoms. The summed E-state index contributed by atoms with van der Waals surface area (Å²) in [6, 6.07) is 11.7. The van der Waals surface area contributed by atoms with Crippen molar-refractivity contribution in [3.8, 4) is 11.5 Å². The first-order chi connectivity index (χ1) is 18.8. The van der Waals surface area contributed by atoms with Gasteiger partial charge in [-0.15, -0.1) is 0 Å². The maximum Gasteiger partial charge on any atom is 0.296 e. The highest BCUT2D eigenvalue weighted by Crippen LogP contribution is 2.43. The van der Waals surface area contributed by atoms with Gasteiger partial charge in [-0.05, 0) is 68.7 Å². The molecule has 0 spiro atoms. The van der Waals surface area contributed by atoms with Gasteiger partial charge in [0.25, 0.3) is 11.7 Å². The largest absolute Gasteiger partial charge is 0.505 e. The SMILES string of the molecule is CCCOc1ccc(C2C(=C(O)c3nc4c(C)cccn4c3C)C(=O)C(=O)N2Cc2ccco2)cc1OCC. The Labute approximate surface area is 226 Å². The van der Waals surface area contributed by atoms with E-state index >= 15 is 0 Å². The van der Waals surface area contributed by atoms with E-state index in [2.05, 4.69) is 4.98 Å². The van der Waals surface area contributed by atoms with Crippen LogP contribution in [0.2, 0.25) is 0 Å².